The van der Waals surface area contributed by atoms with E-state index < -0.39 is 5.97 Å². The summed E-state index contributed by atoms with van der Waals surface area (Å²) in [6, 6.07) is 16.6. The summed E-state index contributed by atoms with van der Waals surface area (Å²) in [6.45, 7) is 0. The average Bonchev–Trinajstić information content (AvgIpc) is 2.98. The first-order chi connectivity index (χ1) is 9.74. The zero-order valence-corrected chi connectivity index (χ0v) is 10.6. The normalized spacial score (nSPS) is 10.4. The number of hydrogen-bond donors (Lipinski definition) is 2. The minimum atomic E-state index is -0.936. The maximum Gasteiger partial charge on any atom is 0.335 e. The Bertz CT molecular complexity index is 748. The van der Waals surface area contributed by atoms with Crippen molar-refractivity contribution in [3.05, 3.63) is 66.4 Å². The van der Waals surface area contributed by atoms with Gasteiger partial charge in [-0.1, -0.05) is 42.5 Å². The van der Waals surface area contributed by atoms with Crippen LogP contribution in [0, 0.1) is 0 Å². The lowest BCUT2D eigenvalue weighted by molar-refractivity contribution is 0.0697. The molecule has 0 aliphatic rings. The maximum atomic E-state index is 11.0. The molecule has 98 valence electrons. The molecule has 4 heteroatoms. The van der Waals surface area contributed by atoms with Gasteiger partial charge in [0, 0.05) is 11.1 Å². The molecule has 0 saturated heterocycles. The number of hydrogen-bond acceptors (Lipinski definition) is 2. The van der Waals surface area contributed by atoms with Crippen LogP contribution in [0.4, 0.5) is 0 Å². The fraction of sp³-hybridized carbons (Fsp3) is 0. The molecule has 0 saturated carbocycles. The first kappa shape index (κ1) is 12.2. The number of aromatic amines is 1. The van der Waals surface area contributed by atoms with Gasteiger partial charge in [0.15, 0.2) is 0 Å². The Morgan fingerprint density at radius 1 is 1.00 bits per heavy atom. The maximum absolute atomic E-state index is 11.0. The van der Waals surface area contributed by atoms with E-state index in [0.29, 0.717) is 0 Å². The van der Waals surface area contributed by atoms with E-state index in [1.54, 1.807) is 24.4 Å². The van der Waals surface area contributed by atoms with Crippen LogP contribution >= 0.6 is 0 Å². The summed E-state index contributed by atoms with van der Waals surface area (Å²) in [5.74, 6) is -0.170. The number of rotatable bonds is 3. The molecule has 4 nitrogen and oxygen atoms in total. The fourth-order valence-electron chi connectivity index (χ4n) is 2.03. The fourth-order valence-corrected chi connectivity index (χ4v) is 2.03. The Kier molecular flexibility index (Phi) is 3.05. The molecule has 0 aliphatic carbocycles. The Morgan fingerprint density at radius 2 is 1.75 bits per heavy atom. The molecule has 1 heterocycles. The smallest absolute Gasteiger partial charge is 0.335 e. The van der Waals surface area contributed by atoms with Crippen molar-refractivity contribution in [2.24, 2.45) is 0 Å². The van der Waals surface area contributed by atoms with Crippen LogP contribution < -0.4 is 0 Å². The van der Waals surface area contributed by atoms with Crippen molar-refractivity contribution >= 4 is 5.97 Å². The van der Waals surface area contributed by atoms with Crippen LogP contribution in [0.1, 0.15) is 10.4 Å². The van der Waals surface area contributed by atoms with Gasteiger partial charge >= 0.3 is 5.97 Å². The Morgan fingerprint density at radius 3 is 2.50 bits per heavy atom. The molecule has 0 radical (unpaired) electrons. The summed E-state index contributed by atoms with van der Waals surface area (Å²) in [7, 11) is 0. The van der Waals surface area contributed by atoms with E-state index in [1.807, 2.05) is 36.4 Å². The quantitative estimate of drug-likeness (QED) is 0.761. The Hall–Kier alpha value is -2.88. The molecule has 0 spiro atoms. The van der Waals surface area contributed by atoms with Gasteiger partial charge in [-0.15, -0.1) is 0 Å². The van der Waals surface area contributed by atoms with Crippen LogP contribution in [0.5, 0.6) is 0 Å². The minimum absolute atomic E-state index is 0.262. The Balaban J connectivity index is 1.98. The van der Waals surface area contributed by atoms with Crippen molar-refractivity contribution in [2.45, 2.75) is 0 Å². The van der Waals surface area contributed by atoms with Crippen LogP contribution in [0.25, 0.3) is 22.6 Å². The summed E-state index contributed by atoms with van der Waals surface area (Å²) in [5, 5.41) is 9.01. The van der Waals surface area contributed by atoms with Gasteiger partial charge in [-0.2, -0.15) is 0 Å². The third-order valence-electron chi connectivity index (χ3n) is 3.04. The molecular weight excluding hydrogens is 252 g/mol. The van der Waals surface area contributed by atoms with Crippen LogP contribution in [0.2, 0.25) is 0 Å². The van der Waals surface area contributed by atoms with Gasteiger partial charge in [0.2, 0.25) is 0 Å². The highest BCUT2D eigenvalue weighted by Gasteiger charge is 2.08. The SMILES string of the molecule is O=C(O)c1cccc(-c2cnc(-c3ccccc3)[nH]2)c1. The van der Waals surface area contributed by atoms with Crippen LogP contribution in [-0.4, -0.2) is 21.0 Å². The summed E-state index contributed by atoms with van der Waals surface area (Å²) >= 11 is 0. The number of carbonyl (C=O) groups is 1. The number of carboxylic acid groups (broad SMARTS) is 1. The predicted octanol–water partition coefficient (Wildman–Crippen LogP) is 3.44. The predicted molar refractivity (Wildman–Crippen MR) is 76.4 cm³/mol. The van der Waals surface area contributed by atoms with Gasteiger partial charge in [-0.25, -0.2) is 9.78 Å². The van der Waals surface area contributed by atoms with E-state index in [4.69, 9.17) is 5.11 Å². The Labute approximate surface area is 115 Å². The second kappa shape index (κ2) is 5.01. The highest BCUT2D eigenvalue weighted by atomic mass is 16.4. The lowest BCUT2D eigenvalue weighted by Gasteiger charge is -2.00. The van der Waals surface area contributed by atoms with E-state index in [1.165, 1.54) is 0 Å². The molecule has 0 amide bonds. The van der Waals surface area contributed by atoms with Gasteiger partial charge in [-0.05, 0) is 12.1 Å². The number of imidazole rings is 1. The molecule has 0 atom stereocenters. The number of benzene rings is 2. The van der Waals surface area contributed by atoms with Gasteiger partial charge in [-0.3, -0.25) is 0 Å². The van der Waals surface area contributed by atoms with Gasteiger partial charge in [0.1, 0.15) is 5.82 Å². The standard InChI is InChI=1S/C16H12N2O2/c19-16(20)13-8-4-7-12(9-13)14-10-17-15(18-14)11-5-2-1-3-6-11/h1-10H,(H,17,18)(H,19,20). The molecule has 1 aromatic heterocycles. The van der Waals surface area contributed by atoms with E-state index >= 15 is 0 Å². The highest BCUT2D eigenvalue weighted by Crippen LogP contribution is 2.22. The number of aromatic nitrogens is 2. The molecule has 2 aromatic carbocycles. The van der Waals surface area contributed by atoms with Crippen molar-refractivity contribution in [3.63, 3.8) is 0 Å². The molecular formula is C16H12N2O2. The van der Waals surface area contributed by atoms with Crippen molar-refractivity contribution in [1.29, 1.82) is 0 Å². The molecule has 0 fully saturated rings. The number of nitrogens with zero attached hydrogens (tertiary/aromatic N) is 1. The van der Waals surface area contributed by atoms with Crippen molar-refractivity contribution in [1.82, 2.24) is 9.97 Å². The monoisotopic (exact) mass is 264 g/mol. The summed E-state index contributed by atoms with van der Waals surface area (Å²) in [4.78, 5) is 18.5. The minimum Gasteiger partial charge on any atom is -0.478 e. The first-order valence-electron chi connectivity index (χ1n) is 6.18. The highest BCUT2D eigenvalue weighted by molar-refractivity contribution is 5.89. The van der Waals surface area contributed by atoms with E-state index in [9.17, 15) is 4.79 Å². The molecule has 3 rings (SSSR count). The topological polar surface area (TPSA) is 66.0 Å². The average molecular weight is 264 g/mol. The molecule has 0 bridgehead atoms. The van der Waals surface area contributed by atoms with Crippen molar-refractivity contribution in [2.75, 3.05) is 0 Å². The van der Waals surface area contributed by atoms with Crippen LogP contribution in [0.3, 0.4) is 0 Å². The number of aromatic carboxylic acids is 1. The summed E-state index contributed by atoms with van der Waals surface area (Å²) in [6.07, 6.45) is 1.71. The lowest BCUT2D eigenvalue weighted by Crippen LogP contribution is -1.95. The third kappa shape index (κ3) is 2.31. The molecule has 2 N–H and O–H groups in total. The molecule has 0 unspecified atom stereocenters. The van der Waals surface area contributed by atoms with Gasteiger partial charge in [0.05, 0.1) is 17.5 Å². The number of H-pyrrole nitrogens is 1. The largest absolute Gasteiger partial charge is 0.478 e. The first-order valence-corrected chi connectivity index (χ1v) is 6.18. The molecule has 3 aromatic rings. The van der Waals surface area contributed by atoms with E-state index in [2.05, 4.69) is 9.97 Å². The van der Waals surface area contributed by atoms with Crippen molar-refractivity contribution < 1.29 is 9.90 Å². The van der Waals surface area contributed by atoms with Crippen LogP contribution in [-0.2, 0) is 0 Å². The van der Waals surface area contributed by atoms with Gasteiger partial charge in [0.25, 0.3) is 0 Å². The third-order valence-corrected chi connectivity index (χ3v) is 3.04. The summed E-state index contributed by atoms with van der Waals surface area (Å²) in [5.41, 5.74) is 2.86. The van der Waals surface area contributed by atoms with Crippen molar-refractivity contribution in [3.8, 4) is 22.6 Å². The van der Waals surface area contributed by atoms with Gasteiger partial charge < -0.3 is 10.1 Å². The second-order valence-electron chi connectivity index (χ2n) is 4.40. The second-order valence-corrected chi connectivity index (χ2v) is 4.40. The van der Waals surface area contributed by atoms with Crippen LogP contribution in [0.15, 0.2) is 60.8 Å². The zero-order valence-electron chi connectivity index (χ0n) is 10.6. The molecule has 20 heavy (non-hydrogen) atoms. The zero-order chi connectivity index (χ0) is 13.9. The van der Waals surface area contributed by atoms with E-state index in [-0.39, 0.29) is 5.56 Å². The lowest BCUT2D eigenvalue weighted by atomic mass is 10.1. The number of carboxylic acids is 1. The molecule has 0 aliphatic heterocycles. The number of nitrogens with one attached hydrogen (secondary N) is 1. The van der Waals surface area contributed by atoms with E-state index in [0.717, 1.165) is 22.6 Å². The summed E-state index contributed by atoms with van der Waals surface area (Å²) < 4.78 is 0.